The van der Waals surface area contributed by atoms with Crippen molar-refractivity contribution < 1.29 is 19.2 Å². The van der Waals surface area contributed by atoms with Gasteiger partial charge < -0.3 is 0 Å². The number of thiophene rings is 1. The Hall–Kier alpha value is -2.28. The predicted molar refractivity (Wildman–Crippen MR) is 98.0 cm³/mol. The van der Waals surface area contributed by atoms with Crippen molar-refractivity contribution in [1.82, 2.24) is 9.80 Å². The maximum Gasteiger partial charge on any atom is 0.334 e. The molecule has 4 amide bonds. The number of hydrogen-bond acceptors (Lipinski definition) is 5. The van der Waals surface area contributed by atoms with Crippen molar-refractivity contribution in [2.75, 3.05) is 13.1 Å². The Morgan fingerprint density at radius 2 is 1.88 bits per heavy atom. The fourth-order valence-electron chi connectivity index (χ4n) is 3.21. The summed E-state index contributed by atoms with van der Waals surface area (Å²) >= 11 is 1.35. The maximum absolute atomic E-state index is 12.5. The van der Waals surface area contributed by atoms with Crippen LogP contribution in [0, 0.1) is 0 Å². The summed E-state index contributed by atoms with van der Waals surface area (Å²) in [5, 5.41) is 0. The standard InChI is InChI=1S/C19H22N2O4S/c1-2-14-8-9-16(26-14)15(22)12-21-18(24)17(23)20(19(21)25)11-10-13-6-4-3-5-7-13/h6,8-9H,2-5,7,10-12H2,1H3. The van der Waals surface area contributed by atoms with E-state index in [0.717, 1.165) is 40.4 Å². The highest BCUT2D eigenvalue weighted by atomic mass is 32.1. The molecule has 0 atom stereocenters. The third kappa shape index (κ3) is 3.77. The molecule has 1 aromatic heterocycles. The number of hydrogen-bond donors (Lipinski definition) is 0. The van der Waals surface area contributed by atoms with Crippen LogP contribution in [0.2, 0.25) is 0 Å². The molecule has 3 rings (SSSR count). The summed E-state index contributed by atoms with van der Waals surface area (Å²) in [4.78, 5) is 52.4. The fraction of sp³-hybridized carbons (Fsp3) is 0.474. The van der Waals surface area contributed by atoms with Gasteiger partial charge in [-0.15, -0.1) is 11.3 Å². The number of Topliss-reactive ketones (excluding diaryl/α,β-unsaturated/α-hetero) is 1. The van der Waals surface area contributed by atoms with E-state index in [1.165, 1.54) is 23.3 Å². The van der Waals surface area contributed by atoms with E-state index in [-0.39, 0.29) is 18.9 Å². The van der Waals surface area contributed by atoms with Crippen molar-refractivity contribution in [2.24, 2.45) is 0 Å². The van der Waals surface area contributed by atoms with Gasteiger partial charge in [0, 0.05) is 11.4 Å². The van der Waals surface area contributed by atoms with Gasteiger partial charge in [0.05, 0.1) is 11.4 Å². The highest BCUT2D eigenvalue weighted by Gasteiger charge is 2.45. The molecular formula is C19H22N2O4S. The molecule has 0 saturated carbocycles. The van der Waals surface area contributed by atoms with E-state index in [2.05, 4.69) is 6.08 Å². The fourth-order valence-corrected chi connectivity index (χ4v) is 4.09. The molecule has 1 aliphatic heterocycles. The van der Waals surface area contributed by atoms with Crippen molar-refractivity contribution in [1.29, 1.82) is 0 Å². The molecule has 0 radical (unpaired) electrons. The van der Waals surface area contributed by atoms with Gasteiger partial charge in [-0.25, -0.2) is 9.69 Å². The molecule has 6 nitrogen and oxygen atoms in total. The van der Waals surface area contributed by atoms with Gasteiger partial charge in [0.25, 0.3) is 0 Å². The van der Waals surface area contributed by atoms with Crippen molar-refractivity contribution in [2.45, 2.75) is 45.4 Å². The lowest BCUT2D eigenvalue weighted by Gasteiger charge is -2.17. The number of nitrogens with zero attached hydrogens (tertiary/aromatic N) is 2. The molecule has 7 heteroatoms. The van der Waals surface area contributed by atoms with Crippen LogP contribution in [0.5, 0.6) is 0 Å². The van der Waals surface area contributed by atoms with Crippen LogP contribution < -0.4 is 0 Å². The molecule has 0 unspecified atom stereocenters. The van der Waals surface area contributed by atoms with Crippen LogP contribution in [0.4, 0.5) is 4.79 Å². The Kier molecular flexibility index (Phi) is 5.66. The van der Waals surface area contributed by atoms with Gasteiger partial charge in [0.1, 0.15) is 0 Å². The first-order valence-electron chi connectivity index (χ1n) is 8.98. The van der Waals surface area contributed by atoms with E-state index in [1.54, 1.807) is 6.07 Å². The van der Waals surface area contributed by atoms with Crippen LogP contribution in [0.3, 0.4) is 0 Å². The molecule has 1 saturated heterocycles. The van der Waals surface area contributed by atoms with Gasteiger partial charge in [-0.1, -0.05) is 18.6 Å². The molecule has 0 N–H and O–H groups in total. The van der Waals surface area contributed by atoms with Crippen LogP contribution in [-0.2, 0) is 16.0 Å². The number of carbonyl (C=O) groups is 4. The largest absolute Gasteiger partial charge is 0.334 e. The second kappa shape index (κ2) is 7.95. The van der Waals surface area contributed by atoms with E-state index in [1.807, 2.05) is 13.0 Å². The normalized spacial score (nSPS) is 17.9. The van der Waals surface area contributed by atoms with E-state index < -0.39 is 17.8 Å². The minimum absolute atomic E-state index is 0.193. The summed E-state index contributed by atoms with van der Waals surface area (Å²) in [6.07, 6.45) is 7.86. The molecule has 1 aromatic rings. The maximum atomic E-state index is 12.5. The number of amides is 4. The predicted octanol–water partition coefficient (Wildman–Crippen LogP) is 3.17. The topological polar surface area (TPSA) is 74.8 Å². The summed E-state index contributed by atoms with van der Waals surface area (Å²) in [7, 11) is 0. The Bertz CT molecular complexity index is 780. The molecular weight excluding hydrogens is 352 g/mol. The highest BCUT2D eigenvalue weighted by Crippen LogP contribution is 2.23. The average molecular weight is 374 g/mol. The zero-order valence-corrected chi connectivity index (χ0v) is 15.6. The molecule has 138 valence electrons. The van der Waals surface area contributed by atoms with Gasteiger partial charge in [0.2, 0.25) is 0 Å². The lowest BCUT2D eigenvalue weighted by Crippen LogP contribution is -2.37. The van der Waals surface area contributed by atoms with E-state index in [0.29, 0.717) is 11.3 Å². The summed E-state index contributed by atoms with van der Waals surface area (Å²) in [5.74, 6) is -2.06. The Balaban J connectivity index is 1.64. The van der Waals surface area contributed by atoms with E-state index in [9.17, 15) is 19.2 Å². The smallest absolute Gasteiger partial charge is 0.291 e. The molecule has 2 aliphatic rings. The molecule has 1 aliphatic carbocycles. The zero-order chi connectivity index (χ0) is 18.7. The van der Waals surface area contributed by atoms with Crippen LogP contribution in [0.25, 0.3) is 0 Å². The van der Waals surface area contributed by atoms with Crippen LogP contribution in [0.15, 0.2) is 23.8 Å². The first kappa shape index (κ1) is 18.5. The Morgan fingerprint density at radius 1 is 1.12 bits per heavy atom. The quantitative estimate of drug-likeness (QED) is 0.318. The number of urea groups is 1. The molecule has 0 bridgehead atoms. The Morgan fingerprint density at radius 3 is 2.54 bits per heavy atom. The van der Waals surface area contributed by atoms with Gasteiger partial charge >= 0.3 is 17.8 Å². The van der Waals surface area contributed by atoms with Crippen molar-refractivity contribution in [3.8, 4) is 0 Å². The summed E-state index contributed by atoms with van der Waals surface area (Å²) in [6.45, 7) is 1.80. The summed E-state index contributed by atoms with van der Waals surface area (Å²) < 4.78 is 0. The summed E-state index contributed by atoms with van der Waals surface area (Å²) in [5.41, 5.74) is 1.23. The number of imide groups is 2. The minimum atomic E-state index is -0.909. The van der Waals surface area contributed by atoms with Gasteiger partial charge in [-0.3, -0.25) is 19.3 Å². The van der Waals surface area contributed by atoms with Crippen LogP contribution >= 0.6 is 11.3 Å². The molecule has 2 heterocycles. The zero-order valence-electron chi connectivity index (χ0n) is 14.8. The molecule has 1 fully saturated rings. The third-order valence-electron chi connectivity index (χ3n) is 4.76. The Labute approximate surface area is 156 Å². The first-order chi connectivity index (χ1) is 12.5. The number of aryl methyl sites for hydroxylation is 1. The first-order valence-corrected chi connectivity index (χ1v) is 9.80. The lowest BCUT2D eigenvalue weighted by atomic mass is 9.97. The third-order valence-corrected chi connectivity index (χ3v) is 6.03. The summed E-state index contributed by atoms with van der Waals surface area (Å²) in [6, 6.07) is 2.88. The molecule has 26 heavy (non-hydrogen) atoms. The van der Waals surface area contributed by atoms with Crippen LogP contribution in [-0.4, -0.2) is 46.5 Å². The highest BCUT2D eigenvalue weighted by molar-refractivity contribution is 7.14. The van der Waals surface area contributed by atoms with Gasteiger partial charge in [-0.05, 0) is 50.7 Å². The molecule has 0 aromatic carbocycles. The number of rotatable bonds is 7. The second-order valence-electron chi connectivity index (χ2n) is 6.53. The van der Waals surface area contributed by atoms with E-state index in [4.69, 9.17) is 0 Å². The number of ketones is 1. The number of carbonyl (C=O) groups excluding carboxylic acids is 4. The second-order valence-corrected chi connectivity index (χ2v) is 7.70. The van der Waals surface area contributed by atoms with Crippen molar-refractivity contribution in [3.05, 3.63) is 33.5 Å². The number of allylic oxidation sites excluding steroid dienone is 1. The van der Waals surface area contributed by atoms with Gasteiger partial charge in [0.15, 0.2) is 5.78 Å². The van der Waals surface area contributed by atoms with E-state index >= 15 is 0 Å². The monoisotopic (exact) mass is 374 g/mol. The lowest BCUT2D eigenvalue weighted by molar-refractivity contribution is -0.143. The average Bonchev–Trinajstić information content (AvgIpc) is 3.21. The van der Waals surface area contributed by atoms with Crippen molar-refractivity contribution >= 4 is 35.0 Å². The SMILES string of the molecule is CCc1ccc(C(=O)CN2C(=O)C(=O)N(CCC3=CCCCC3)C2=O)s1. The van der Waals surface area contributed by atoms with Crippen molar-refractivity contribution in [3.63, 3.8) is 0 Å². The minimum Gasteiger partial charge on any atom is -0.291 e. The van der Waals surface area contributed by atoms with Crippen LogP contribution in [0.1, 0.15) is 53.6 Å². The van der Waals surface area contributed by atoms with Gasteiger partial charge in [-0.2, -0.15) is 0 Å². The molecule has 0 spiro atoms.